The highest BCUT2D eigenvalue weighted by Gasteiger charge is 2.15. The number of benzene rings is 1. The predicted octanol–water partition coefficient (Wildman–Crippen LogP) is 4.37. The maximum absolute atomic E-state index is 12.3. The van der Waals surface area contributed by atoms with Gasteiger partial charge >= 0.3 is 0 Å². The van der Waals surface area contributed by atoms with E-state index >= 15 is 0 Å². The van der Waals surface area contributed by atoms with Crippen LogP contribution in [0.3, 0.4) is 0 Å². The van der Waals surface area contributed by atoms with Crippen LogP contribution in [-0.2, 0) is 9.59 Å². The lowest BCUT2D eigenvalue weighted by Gasteiger charge is -2.15. The molecule has 0 aliphatic carbocycles. The Labute approximate surface area is 143 Å². The van der Waals surface area contributed by atoms with Crippen molar-refractivity contribution < 1.29 is 9.59 Å². The molecule has 0 radical (unpaired) electrons. The highest BCUT2D eigenvalue weighted by Crippen LogP contribution is 2.25. The van der Waals surface area contributed by atoms with Crippen LogP contribution in [0.2, 0.25) is 0 Å². The van der Waals surface area contributed by atoms with Crippen molar-refractivity contribution in [1.29, 1.82) is 0 Å². The maximum Gasteiger partial charge on any atom is 0.237 e. The van der Waals surface area contributed by atoms with Crippen molar-refractivity contribution >= 4 is 35.0 Å². The molecule has 2 N–H and O–H groups in total. The summed E-state index contributed by atoms with van der Waals surface area (Å²) in [5.74, 6) is 0.620. The molecule has 1 atom stereocenters. The first kappa shape index (κ1) is 19.3. The van der Waals surface area contributed by atoms with Gasteiger partial charge in [0.2, 0.25) is 11.8 Å². The summed E-state index contributed by atoms with van der Waals surface area (Å²) in [6, 6.07) is 5.62. The fourth-order valence-corrected chi connectivity index (χ4v) is 2.58. The summed E-state index contributed by atoms with van der Waals surface area (Å²) in [6.07, 6.45) is 4.10. The van der Waals surface area contributed by atoms with Gasteiger partial charge in [0, 0.05) is 12.2 Å². The zero-order valence-corrected chi connectivity index (χ0v) is 15.0. The Morgan fingerprint density at radius 1 is 1.30 bits per heavy atom. The molecule has 1 aromatic carbocycles. The van der Waals surface area contributed by atoms with Crippen LogP contribution in [-0.4, -0.2) is 22.8 Å². The second-order valence-corrected chi connectivity index (χ2v) is 6.83. The van der Waals surface area contributed by atoms with E-state index in [0.29, 0.717) is 17.8 Å². The molecule has 0 fully saturated rings. The number of aryl methyl sites for hydroxylation is 1. The number of hydrogen-bond acceptors (Lipinski definition) is 3. The third-order valence-corrected chi connectivity index (χ3v) is 4.44. The molecule has 0 spiro atoms. The Morgan fingerprint density at radius 2 is 2.04 bits per heavy atom. The van der Waals surface area contributed by atoms with Gasteiger partial charge in [0.25, 0.3) is 0 Å². The number of carbonyl (C=O) groups is 2. The number of thioether (sulfide) groups is 1. The van der Waals surface area contributed by atoms with Crippen LogP contribution in [0, 0.1) is 6.92 Å². The van der Waals surface area contributed by atoms with Crippen LogP contribution in [0.25, 0.3) is 0 Å². The largest absolute Gasteiger partial charge is 0.324 e. The van der Waals surface area contributed by atoms with Gasteiger partial charge in [-0.3, -0.25) is 9.59 Å². The maximum atomic E-state index is 12.3. The van der Waals surface area contributed by atoms with Crippen LogP contribution in [0.15, 0.2) is 30.9 Å². The summed E-state index contributed by atoms with van der Waals surface area (Å²) in [5.41, 5.74) is 2.31. The first-order chi connectivity index (χ1) is 11.0. The van der Waals surface area contributed by atoms with Gasteiger partial charge < -0.3 is 10.6 Å². The van der Waals surface area contributed by atoms with E-state index in [1.54, 1.807) is 6.08 Å². The third-order valence-electron chi connectivity index (χ3n) is 3.30. The number of rotatable bonds is 9. The number of anilines is 2. The summed E-state index contributed by atoms with van der Waals surface area (Å²) in [7, 11) is 0. The summed E-state index contributed by atoms with van der Waals surface area (Å²) in [4.78, 5) is 24.2. The lowest BCUT2D eigenvalue weighted by Crippen LogP contribution is -2.24. The van der Waals surface area contributed by atoms with Gasteiger partial charge in [-0.15, -0.1) is 18.3 Å². The quantitative estimate of drug-likeness (QED) is 0.659. The molecule has 1 aromatic rings. The zero-order chi connectivity index (χ0) is 17.2. The normalized spacial score (nSPS) is 11.6. The Balaban J connectivity index is 2.80. The first-order valence-corrected chi connectivity index (χ1v) is 8.96. The second kappa shape index (κ2) is 10.1. The van der Waals surface area contributed by atoms with E-state index in [1.807, 2.05) is 39.0 Å². The fourth-order valence-electron chi connectivity index (χ4n) is 1.94. The molecule has 0 heterocycles. The minimum absolute atomic E-state index is 0.0275. The second-order valence-electron chi connectivity index (χ2n) is 5.45. The van der Waals surface area contributed by atoms with Crippen molar-refractivity contribution in [3.63, 3.8) is 0 Å². The Kier molecular flexibility index (Phi) is 8.48. The average molecular weight is 334 g/mol. The van der Waals surface area contributed by atoms with Gasteiger partial charge in [-0.05, 0) is 38.0 Å². The Hall–Kier alpha value is -1.75. The van der Waals surface area contributed by atoms with Gasteiger partial charge in [-0.2, -0.15) is 0 Å². The number of amides is 2. The smallest absolute Gasteiger partial charge is 0.237 e. The van der Waals surface area contributed by atoms with E-state index in [-0.39, 0.29) is 17.1 Å². The van der Waals surface area contributed by atoms with Gasteiger partial charge in [-0.25, -0.2) is 0 Å². The molecule has 0 aromatic heterocycles. The minimum Gasteiger partial charge on any atom is -0.324 e. The number of unbranched alkanes of at least 4 members (excludes halogenated alkanes) is 1. The number of hydrogen-bond donors (Lipinski definition) is 2. The molecule has 0 saturated heterocycles. The van der Waals surface area contributed by atoms with Crippen LogP contribution in [0.1, 0.15) is 38.7 Å². The molecular weight excluding hydrogens is 308 g/mol. The van der Waals surface area contributed by atoms with Crippen LogP contribution in [0.5, 0.6) is 0 Å². The molecule has 0 bridgehead atoms. The number of nitrogens with one attached hydrogen (secondary N) is 2. The molecule has 4 nitrogen and oxygen atoms in total. The summed E-state index contributed by atoms with van der Waals surface area (Å²) >= 11 is 1.52. The van der Waals surface area contributed by atoms with Crippen molar-refractivity contribution in [3.8, 4) is 0 Å². The number of carbonyl (C=O) groups excluding carboxylic acids is 2. The highest BCUT2D eigenvalue weighted by atomic mass is 32.2. The van der Waals surface area contributed by atoms with Crippen molar-refractivity contribution in [2.45, 2.75) is 45.3 Å². The average Bonchev–Trinajstić information content (AvgIpc) is 2.53. The summed E-state index contributed by atoms with van der Waals surface area (Å²) < 4.78 is 0. The van der Waals surface area contributed by atoms with Crippen molar-refractivity contribution in [2.24, 2.45) is 0 Å². The molecule has 1 rings (SSSR count). The molecule has 23 heavy (non-hydrogen) atoms. The van der Waals surface area contributed by atoms with Gasteiger partial charge in [0.1, 0.15) is 0 Å². The monoisotopic (exact) mass is 334 g/mol. The van der Waals surface area contributed by atoms with E-state index in [1.165, 1.54) is 11.8 Å². The lowest BCUT2D eigenvalue weighted by molar-refractivity contribution is -0.116. The van der Waals surface area contributed by atoms with Crippen LogP contribution < -0.4 is 10.6 Å². The van der Waals surface area contributed by atoms with Gasteiger partial charge in [0.05, 0.1) is 16.6 Å². The van der Waals surface area contributed by atoms with E-state index < -0.39 is 0 Å². The topological polar surface area (TPSA) is 58.2 Å². The zero-order valence-electron chi connectivity index (χ0n) is 14.1. The van der Waals surface area contributed by atoms with Crippen molar-refractivity contribution in [1.82, 2.24) is 0 Å². The first-order valence-electron chi connectivity index (χ1n) is 7.91. The van der Waals surface area contributed by atoms with E-state index in [2.05, 4.69) is 17.2 Å². The molecule has 5 heteroatoms. The van der Waals surface area contributed by atoms with Crippen LogP contribution in [0.4, 0.5) is 11.4 Å². The molecule has 0 unspecified atom stereocenters. The van der Waals surface area contributed by atoms with E-state index in [0.717, 1.165) is 24.2 Å². The van der Waals surface area contributed by atoms with Crippen molar-refractivity contribution in [2.75, 3.05) is 16.4 Å². The van der Waals surface area contributed by atoms with Crippen molar-refractivity contribution in [3.05, 3.63) is 36.4 Å². The summed E-state index contributed by atoms with van der Waals surface area (Å²) in [6.45, 7) is 9.52. The Bertz CT molecular complexity index is 558. The molecule has 2 amide bonds. The van der Waals surface area contributed by atoms with Crippen LogP contribution >= 0.6 is 11.8 Å². The van der Waals surface area contributed by atoms with Gasteiger partial charge in [0.15, 0.2) is 0 Å². The predicted molar refractivity (Wildman–Crippen MR) is 100 cm³/mol. The fraction of sp³-hybridized carbons (Fsp3) is 0.444. The lowest BCUT2D eigenvalue weighted by atomic mass is 10.1. The summed E-state index contributed by atoms with van der Waals surface area (Å²) in [5, 5.41) is 5.61. The highest BCUT2D eigenvalue weighted by molar-refractivity contribution is 8.00. The molecule has 0 saturated carbocycles. The van der Waals surface area contributed by atoms with E-state index in [9.17, 15) is 9.59 Å². The molecule has 0 aliphatic rings. The Morgan fingerprint density at radius 3 is 2.70 bits per heavy atom. The minimum atomic E-state index is -0.183. The third kappa shape index (κ3) is 6.91. The standard InChI is InChI=1S/C18H26N2O2S/c1-5-7-8-17(21)19-15-10-9-13(3)12-16(15)20-18(22)14(4)23-11-6-2/h6,9-10,12,14H,2,5,7-8,11H2,1,3-4H3,(H,19,21)(H,20,22)/t14-/m1/s1. The molecule has 126 valence electrons. The SMILES string of the molecule is C=CCS[C@H](C)C(=O)Nc1cc(C)ccc1NC(=O)CCCC. The van der Waals surface area contributed by atoms with E-state index in [4.69, 9.17) is 0 Å². The van der Waals surface area contributed by atoms with Gasteiger partial charge in [-0.1, -0.05) is 25.5 Å². The molecular formula is C18H26N2O2S. The molecule has 0 aliphatic heterocycles.